The maximum absolute atomic E-state index is 12.9. The number of β-amino-alcohol motifs (C(OH)–C–C–N with tert-alkyl or cyclic N) is 1. The van der Waals surface area contributed by atoms with Gasteiger partial charge in [-0.15, -0.1) is 0 Å². The molecule has 4 heterocycles. The molecule has 1 saturated carbocycles. The molecule has 2 N–H and O–H groups in total. The highest BCUT2D eigenvalue weighted by atomic mass is 32.2. The van der Waals surface area contributed by atoms with Crippen LogP contribution in [0.2, 0.25) is 0 Å². The van der Waals surface area contributed by atoms with Crippen molar-refractivity contribution < 1.29 is 13.5 Å². The van der Waals surface area contributed by atoms with Crippen molar-refractivity contribution in [1.82, 2.24) is 24.2 Å². The van der Waals surface area contributed by atoms with Crippen LogP contribution in [0.1, 0.15) is 56.5 Å². The smallest absolute Gasteiger partial charge is 0.214 e. The molecule has 1 unspecified atom stereocenters. The van der Waals surface area contributed by atoms with E-state index in [9.17, 15) is 13.5 Å². The van der Waals surface area contributed by atoms with Crippen molar-refractivity contribution in [2.75, 3.05) is 18.8 Å². The van der Waals surface area contributed by atoms with Crippen molar-refractivity contribution in [2.24, 2.45) is 5.92 Å². The SMILES string of the molecule is Cc1nc2cnc3nccc3c2c(C2CCC(CS(=O)(=O)N3CCC(C)(O)C3)CC2)[nH]1. The van der Waals surface area contributed by atoms with Crippen molar-refractivity contribution >= 4 is 32.0 Å². The first-order valence-corrected chi connectivity index (χ1v) is 12.6. The Kier molecular flexibility index (Phi) is 5.02. The number of nitrogens with one attached hydrogen (secondary N) is 1. The normalized spacial score (nSPS) is 28.0. The molecule has 0 bridgehead atoms. The molecule has 166 valence electrons. The van der Waals surface area contributed by atoms with Crippen LogP contribution in [0.5, 0.6) is 0 Å². The monoisotopic (exact) mass is 443 g/mol. The lowest BCUT2D eigenvalue weighted by molar-refractivity contribution is 0.0762. The zero-order valence-electron chi connectivity index (χ0n) is 18.0. The Morgan fingerprint density at radius 3 is 2.74 bits per heavy atom. The van der Waals surface area contributed by atoms with Crippen LogP contribution in [0.15, 0.2) is 18.5 Å². The summed E-state index contributed by atoms with van der Waals surface area (Å²) in [6, 6.07) is 1.99. The van der Waals surface area contributed by atoms with E-state index in [-0.39, 0.29) is 18.2 Å². The summed E-state index contributed by atoms with van der Waals surface area (Å²) >= 11 is 0. The summed E-state index contributed by atoms with van der Waals surface area (Å²) in [5.74, 6) is 1.52. The molecule has 1 aliphatic carbocycles. The van der Waals surface area contributed by atoms with Crippen LogP contribution in [0.4, 0.5) is 0 Å². The van der Waals surface area contributed by atoms with Gasteiger partial charge in [0.05, 0.1) is 23.1 Å². The molecule has 0 aromatic carbocycles. The third kappa shape index (κ3) is 3.94. The third-order valence-corrected chi connectivity index (χ3v) is 8.89. The predicted octanol–water partition coefficient (Wildman–Crippen LogP) is 2.87. The van der Waals surface area contributed by atoms with Crippen LogP contribution < -0.4 is 0 Å². The summed E-state index contributed by atoms with van der Waals surface area (Å²) in [6.45, 7) is 4.29. The molecular weight excluding hydrogens is 414 g/mol. The molecule has 1 aliphatic heterocycles. The highest BCUT2D eigenvalue weighted by Gasteiger charge is 2.39. The molecule has 0 amide bonds. The van der Waals surface area contributed by atoms with Crippen LogP contribution in [0.25, 0.3) is 21.9 Å². The van der Waals surface area contributed by atoms with Gasteiger partial charge in [-0.1, -0.05) is 0 Å². The summed E-state index contributed by atoms with van der Waals surface area (Å²) in [4.78, 5) is 16.9. The number of H-pyrrole nitrogens is 1. The summed E-state index contributed by atoms with van der Waals surface area (Å²) in [5.41, 5.74) is 1.86. The van der Waals surface area contributed by atoms with E-state index in [1.54, 1.807) is 19.3 Å². The predicted molar refractivity (Wildman–Crippen MR) is 119 cm³/mol. The van der Waals surface area contributed by atoms with Gasteiger partial charge in [0, 0.05) is 35.8 Å². The lowest BCUT2D eigenvalue weighted by atomic mass is 9.80. The van der Waals surface area contributed by atoms with Crippen LogP contribution in [-0.4, -0.2) is 62.2 Å². The Labute approximate surface area is 182 Å². The van der Waals surface area contributed by atoms with Crippen molar-refractivity contribution in [3.8, 4) is 0 Å². The van der Waals surface area contributed by atoms with E-state index in [4.69, 9.17) is 0 Å². The van der Waals surface area contributed by atoms with E-state index in [2.05, 4.69) is 19.9 Å². The van der Waals surface area contributed by atoms with Crippen LogP contribution in [0.3, 0.4) is 0 Å². The van der Waals surface area contributed by atoms with Crippen molar-refractivity contribution in [3.05, 3.63) is 30.0 Å². The Bertz CT molecular complexity index is 1230. The number of hydrogen-bond donors (Lipinski definition) is 2. The molecule has 31 heavy (non-hydrogen) atoms. The molecular formula is C22H29N5O3S. The number of aromatic amines is 1. The highest BCUT2D eigenvalue weighted by Crippen LogP contribution is 2.40. The van der Waals surface area contributed by atoms with Crippen LogP contribution in [0, 0.1) is 12.8 Å². The van der Waals surface area contributed by atoms with Gasteiger partial charge in [-0.3, -0.25) is 0 Å². The van der Waals surface area contributed by atoms with Gasteiger partial charge in [0.25, 0.3) is 0 Å². The highest BCUT2D eigenvalue weighted by molar-refractivity contribution is 7.89. The van der Waals surface area contributed by atoms with E-state index in [1.807, 2.05) is 13.0 Å². The van der Waals surface area contributed by atoms with Gasteiger partial charge in [-0.2, -0.15) is 4.31 Å². The average Bonchev–Trinajstić information content (AvgIpc) is 3.34. The maximum Gasteiger partial charge on any atom is 0.214 e. The number of aryl methyl sites for hydroxylation is 1. The Hall–Kier alpha value is -2.10. The molecule has 2 aliphatic rings. The molecule has 8 nitrogen and oxygen atoms in total. The minimum atomic E-state index is -3.34. The summed E-state index contributed by atoms with van der Waals surface area (Å²) < 4.78 is 27.2. The first-order valence-electron chi connectivity index (χ1n) is 11.0. The molecule has 1 saturated heterocycles. The quantitative estimate of drug-likeness (QED) is 0.641. The second-order valence-corrected chi connectivity index (χ2v) is 11.5. The zero-order chi connectivity index (χ0) is 21.8. The minimum absolute atomic E-state index is 0.156. The number of fused-ring (bicyclic) bond motifs is 3. The molecule has 1 atom stereocenters. The molecule has 0 spiro atoms. The van der Waals surface area contributed by atoms with Gasteiger partial charge in [0.15, 0.2) is 5.65 Å². The van der Waals surface area contributed by atoms with E-state index < -0.39 is 15.6 Å². The van der Waals surface area contributed by atoms with E-state index in [0.29, 0.717) is 18.9 Å². The van der Waals surface area contributed by atoms with Gasteiger partial charge in [-0.05, 0) is 63.9 Å². The number of aromatic nitrogens is 4. The van der Waals surface area contributed by atoms with Crippen molar-refractivity contribution in [3.63, 3.8) is 0 Å². The lowest BCUT2D eigenvalue weighted by Crippen LogP contribution is -2.37. The number of pyridine rings is 1. The second-order valence-electron chi connectivity index (χ2n) is 9.51. The average molecular weight is 444 g/mol. The molecule has 3 aromatic rings. The van der Waals surface area contributed by atoms with Gasteiger partial charge in [0.2, 0.25) is 10.0 Å². The molecule has 5 rings (SSSR count). The van der Waals surface area contributed by atoms with Gasteiger partial charge in [-0.25, -0.2) is 23.4 Å². The summed E-state index contributed by atoms with van der Waals surface area (Å²) in [6.07, 6.45) is 7.69. The maximum atomic E-state index is 12.9. The van der Waals surface area contributed by atoms with Gasteiger partial charge >= 0.3 is 0 Å². The van der Waals surface area contributed by atoms with Crippen molar-refractivity contribution in [1.29, 1.82) is 0 Å². The molecule has 2 fully saturated rings. The summed E-state index contributed by atoms with van der Waals surface area (Å²) in [7, 11) is -3.34. The van der Waals surface area contributed by atoms with E-state index in [0.717, 1.165) is 53.4 Å². The number of nitrogens with zero attached hydrogens (tertiary/aromatic N) is 4. The second kappa shape index (κ2) is 7.50. The molecule has 3 aromatic heterocycles. The first-order chi connectivity index (χ1) is 14.7. The van der Waals surface area contributed by atoms with Crippen molar-refractivity contribution in [2.45, 2.75) is 57.5 Å². The fraction of sp³-hybridized carbons (Fsp3) is 0.591. The van der Waals surface area contributed by atoms with E-state index >= 15 is 0 Å². The standard InChI is InChI=1S/C22H29N5O3S/c1-14-25-18-11-24-21-17(7-9-23-21)19(18)20(26-14)16-5-3-15(4-6-16)12-31(29,30)27-10-8-22(2,28)13-27/h7,9,11,15-16,28H,3-6,8,10,12-13H2,1-2H3,(H,25,26). The topological polar surface area (TPSA) is 112 Å². The Balaban J connectivity index is 1.34. The van der Waals surface area contributed by atoms with Gasteiger partial charge in [0.1, 0.15) is 5.82 Å². The van der Waals surface area contributed by atoms with Gasteiger partial charge < -0.3 is 10.1 Å². The fourth-order valence-electron chi connectivity index (χ4n) is 5.25. The Morgan fingerprint density at radius 1 is 1.26 bits per heavy atom. The number of rotatable bonds is 4. The lowest BCUT2D eigenvalue weighted by Gasteiger charge is -2.30. The Morgan fingerprint density at radius 2 is 2.03 bits per heavy atom. The number of hydrogen-bond acceptors (Lipinski definition) is 6. The largest absolute Gasteiger partial charge is 0.389 e. The zero-order valence-corrected chi connectivity index (χ0v) is 18.8. The third-order valence-electron chi connectivity index (χ3n) is 6.90. The van der Waals surface area contributed by atoms with Crippen LogP contribution in [-0.2, 0) is 10.0 Å². The first kappa shape index (κ1) is 20.8. The molecule has 0 radical (unpaired) electrons. The summed E-state index contributed by atoms with van der Waals surface area (Å²) in [5, 5.41) is 12.2. The number of sulfonamides is 1. The molecule has 9 heteroatoms. The number of aliphatic hydroxyl groups is 1. The fourth-order valence-corrected chi connectivity index (χ4v) is 7.24. The van der Waals surface area contributed by atoms with E-state index in [1.165, 1.54) is 10.00 Å². The van der Waals surface area contributed by atoms with Crippen LogP contribution >= 0.6 is 0 Å². The minimum Gasteiger partial charge on any atom is -0.389 e.